The molecule has 0 aliphatic heterocycles. The van der Waals surface area contributed by atoms with Crippen molar-refractivity contribution in [3.8, 4) is 0 Å². The van der Waals surface area contributed by atoms with Gasteiger partial charge in [-0.25, -0.2) is 8.42 Å². The van der Waals surface area contributed by atoms with E-state index >= 15 is 0 Å². The zero-order valence-electron chi connectivity index (χ0n) is 13.8. The summed E-state index contributed by atoms with van der Waals surface area (Å²) < 4.78 is 31.5. The molecule has 25 heavy (non-hydrogen) atoms. The van der Waals surface area contributed by atoms with E-state index in [9.17, 15) is 13.2 Å². The van der Waals surface area contributed by atoms with Crippen molar-refractivity contribution in [2.75, 3.05) is 18.4 Å². The lowest BCUT2D eigenvalue weighted by Gasteiger charge is -2.21. The van der Waals surface area contributed by atoms with Crippen LogP contribution in [0, 0.1) is 0 Å². The van der Waals surface area contributed by atoms with Crippen LogP contribution in [0.4, 0.5) is 5.82 Å². The zero-order valence-corrected chi connectivity index (χ0v) is 15.4. The number of amides is 1. The average molecular weight is 386 g/mol. The van der Waals surface area contributed by atoms with Crippen molar-refractivity contribution in [2.45, 2.75) is 31.1 Å². The number of unbranched alkanes of at least 4 members (excludes halogenated alkanes) is 2. The number of sulfonamides is 1. The van der Waals surface area contributed by atoms with Gasteiger partial charge in [0.1, 0.15) is 6.26 Å². The van der Waals surface area contributed by atoms with Gasteiger partial charge in [0.25, 0.3) is 0 Å². The summed E-state index contributed by atoms with van der Waals surface area (Å²) in [4.78, 5) is 12.3. The fraction of sp³-hybridized carbons (Fsp3) is 0.375. The monoisotopic (exact) mass is 385 g/mol. The van der Waals surface area contributed by atoms with Gasteiger partial charge < -0.3 is 9.84 Å². The number of carbonyl (C=O) groups excluding carboxylic acids is 1. The predicted octanol–water partition coefficient (Wildman–Crippen LogP) is 3.15. The Kier molecular flexibility index (Phi) is 6.98. The molecular formula is C16H20ClN3O4S. The SMILES string of the molecule is CCCCCN(CC(=O)Nc1ccon1)S(=O)(=O)c1ccc(Cl)cc1. The maximum Gasteiger partial charge on any atom is 0.243 e. The van der Waals surface area contributed by atoms with E-state index in [0.29, 0.717) is 11.4 Å². The van der Waals surface area contributed by atoms with Crippen LogP contribution in [0.3, 0.4) is 0 Å². The number of hydrogen-bond acceptors (Lipinski definition) is 5. The first-order chi connectivity index (χ1) is 11.9. The van der Waals surface area contributed by atoms with E-state index in [1.165, 1.54) is 40.9 Å². The van der Waals surface area contributed by atoms with Gasteiger partial charge in [-0.05, 0) is 30.7 Å². The normalized spacial score (nSPS) is 11.6. The lowest BCUT2D eigenvalue weighted by Crippen LogP contribution is -2.38. The third kappa shape index (κ3) is 5.55. The summed E-state index contributed by atoms with van der Waals surface area (Å²) in [5, 5.41) is 6.53. The summed E-state index contributed by atoms with van der Waals surface area (Å²) in [5.41, 5.74) is 0. The number of hydrogen-bond donors (Lipinski definition) is 1. The van der Waals surface area contributed by atoms with Gasteiger partial charge in [-0.1, -0.05) is 36.5 Å². The molecule has 1 N–H and O–H groups in total. The molecule has 1 aromatic heterocycles. The summed E-state index contributed by atoms with van der Waals surface area (Å²) >= 11 is 5.82. The fourth-order valence-electron chi connectivity index (χ4n) is 2.20. The number of halogens is 1. The molecule has 0 radical (unpaired) electrons. The third-order valence-corrected chi connectivity index (χ3v) is 5.60. The summed E-state index contributed by atoms with van der Waals surface area (Å²) in [6.45, 7) is 1.97. The Bertz CT molecular complexity index is 776. The van der Waals surface area contributed by atoms with Gasteiger partial charge in [-0.2, -0.15) is 4.31 Å². The number of rotatable bonds is 9. The number of carbonyl (C=O) groups is 1. The third-order valence-electron chi connectivity index (χ3n) is 3.49. The topological polar surface area (TPSA) is 92.5 Å². The minimum atomic E-state index is -3.80. The Morgan fingerprint density at radius 2 is 1.96 bits per heavy atom. The van der Waals surface area contributed by atoms with Gasteiger partial charge >= 0.3 is 0 Å². The highest BCUT2D eigenvalue weighted by Gasteiger charge is 2.26. The van der Waals surface area contributed by atoms with Crippen molar-refractivity contribution in [1.29, 1.82) is 0 Å². The molecule has 2 aromatic rings. The van der Waals surface area contributed by atoms with Gasteiger partial charge in [0.2, 0.25) is 15.9 Å². The van der Waals surface area contributed by atoms with Crippen LogP contribution in [0.2, 0.25) is 5.02 Å². The first kappa shape index (κ1) is 19.4. The van der Waals surface area contributed by atoms with Crippen molar-refractivity contribution in [3.63, 3.8) is 0 Å². The van der Waals surface area contributed by atoms with Crippen LogP contribution in [0.5, 0.6) is 0 Å². The first-order valence-corrected chi connectivity index (χ1v) is 9.71. The Balaban J connectivity index is 2.15. The van der Waals surface area contributed by atoms with E-state index in [0.717, 1.165) is 12.8 Å². The van der Waals surface area contributed by atoms with Crippen molar-refractivity contribution in [3.05, 3.63) is 41.6 Å². The standard InChI is InChI=1S/C16H20ClN3O4S/c1-2-3-4-10-20(12-16(21)18-15-9-11-24-19-15)25(22,23)14-7-5-13(17)6-8-14/h5-9,11H,2-4,10,12H2,1H3,(H,18,19,21). The Morgan fingerprint density at radius 1 is 1.24 bits per heavy atom. The van der Waals surface area contributed by atoms with E-state index in [1.54, 1.807) is 0 Å². The van der Waals surface area contributed by atoms with Crippen LogP contribution in [-0.2, 0) is 14.8 Å². The number of anilines is 1. The molecule has 0 spiro atoms. The van der Waals surface area contributed by atoms with Crippen molar-refractivity contribution < 1.29 is 17.7 Å². The second-order valence-corrected chi connectivity index (χ2v) is 7.81. The van der Waals surface area contributed by atoms with Gasteiger partial charge in [-0.15, -0.1) is 0 Å². The van der Waals surface area contributed by atoms with Gasteiger partial charge in [0.15, 0.2) is 5.82 Å². The summed E-state index contributed by atoms with van der Waals surface area (Å²) in [6, 6.07) is 7.36. The molecule has 1 heterocycles. The highest BCUT2D eigenvalue weighted by Crippen LogP contribution is 2.19. The smallest absolute Gasteiger partial charge is 0.243 e. The number of nitrogens with one attached hydrogen (secondary N) is 1. The summed E-state index contributed by atoms with van der Waals surface area (Å²) in [6.07, 6.45) is 3.80. The van der Waals surface area contributed by atoms with E-state index < -0.39 is 15.9 Å². The predicted molar refractivity (Wildman–Crippen MR) is 94.9 cm³/mol. The largest absolute Gasteiger partial charge is 0.363 e. The van der Waals surface area contributed by atoms with Crippen LogP contribution in [0.25, 0.3) is 0 Å². The Morgan fingerprint density at radius 3 is 2.56 bits per heavy atom. The Labute approximate surface area is 152 Å². The second-order valence-electron chi connectivity index (χ2n) is 5.43. The van der Waals surface area contributed by atoms with Crippen molar-refractivity contribution in [1.82, 2.24) is 9.46 Å². The van der Waals surface area contributed by atoms with Crippen LogP contribution in [-0.4, -0.2) is 36.9 Å². The number of aromatic nitrogens is 1. The average Bonchev–Trinajstić information content (AvgIpc) is 3.07. The van der Waals surface area contributed by atoms with E-state index in [4.69, 9.17) is 11.6 Å². The molecule has 0 fully saturated rings. The highest BCUT2D eigenvalue weighted by molar-refractivity contribution is 7.89. The molecule has 1 amide bonds. The molecule has 0 bridgehead atoms. The molecule has 136 valence electrons. The lowest BCUT2D eigenvalue weighted by atomic mass is 10.2. The molecule has 2 rings (SSSR count). The summed E-state index contributed by atoms with van der Waals surface area (Å²) in [5.74, 6) is -0.245. The quantitative estimate of drug-likeness (QED) is 0.669. The van der Waals surface area contributed by atoms with Gasteiger partial charge in [-0.3, -0.25) is 4.79 Å². The molecule has 0 aliphatic rings. The van der Waals surface area contributed by atoms with Crippen LogP contribution in [0.15, 0.2) is 46.0 Å². The summed E-state index contributed by atoms with van der Waals surface area (Å²) in [7, 11) is -3.80. The molecule has 7 nitrogen and oxygen atoms in total. The van der Waals surface area contributed by atoms with E-state index in [-0.39, 0.29) is 23.8 Å². The lowest BCUT2D eigenvalue weighted by molar-refractivity contribution is -0.116. The molecule has 1 aromatic carbocycles. The maximum absolute atomic E-state index is 12.8. The molecule has 0 atom stereocenters. The zero-order chi connectivity index (χ0) is 18.3. The van der Waals surface area contributed by atoms with Gasteiger partial charge in [0.05, 0.1) is 11.4 Å². The number of nitrogens with zero attached hydrogens (tertiary/aromatic N) is 2. The van der Waals surface area contributed by atoms with Crippen LogP contribution >= 0.6 is 11.6 Å². The van der Waals surface area contributed by atoms with E-state index in [2.05, 4.69) is 15.0 Å². The molecular weight excluding hydrogens is 366 g/mol. The highest BCUT2D eigenvalue weighted by atomic mass is 35.5. The van der Waals surface area contributed by atoms with Crippen molar-refractivity contribution >= 4 is 33.3 Å². The Hall–Kier alpha value is -1.90. The minimum absolute atomic E-state index is 0.0997. The van der Waals surface area contributed by atoms with Crippen LogP contribution < -0.4 is 5.32 Å². The second kappa shape index (κ2) is 8.98. The maximum atomic E-state index is 12.8. The van der Waals surface area contributed by atoms with Crippen molar-refractivity contribution in [2.24, 2.45) is 0 Å². The molecule has 0 saturated carbocycles. The molecule has 0 unspecified atom stereocenters. The fourth-order valence-corrected chi connectivity index (χ4v) is 3.76. The first-order valence-electron chi connectivity index (χ1n) is 7.89. The molecule has 0 aliphatic carbocycles. The van der Waals surface area contributed by atoms with E-state index in [1.807, 2.05) is 6.92 Å². The molecule has 0 saturated heterocycles. The minimum Gasteiger partial charge on any atom is -0.363 e. The molecule has 9 heteroatoms. The van der Waals surface area contributed by atoms with Crippen LogP contribution in [0.1, 0.15) is 26.2 Å². The van der Waals surface area contributed by atoms with Gasteiger partial charge in [0, 0.05) is 17.6 Å². The number of benzene rings is 1.